The van der Waals surface area contributed by atoms with Crippen molar-refractivity contribution in [1.82, 2.24) is 15.0 Å². The lowest BCUT2D eigenvalue weighted by Gasteiger charge is -2.13. The quantitative estimate of drug-likeness (QED) is 0.187. The van der Waals surface area contributed by atoms with Crippen molar-refractivity contribution in [2.45, 2.75) is 0 Å². The molecule has 4 heterocycles. The van der Waals surface area contributed by atoms with Crippen LogP contribution in [-0.4, -0.2) is 15.0 Å². The van der Waals surface area contributed by atoms with E-state index in [1.807, 2.05) is 85.2 Å². The molecule has 0 fully saturated rings. The van der Waals surface area contributed by atoms with E-state index >= 15 is 0 Å². The molecule has 4 aromatic heterocycles. The molecule has 0 saturated carbocycles. The Morgan fingerprint density at radius 1 is 0.360 bits per heavy atom. The van der Waals surface area contributed by atoms with Crippen LogP contribution < -0.4 is 0 Å². The largest absolute Gasteiger partial charge is 0.456 e. The Bertz CT molecular complexity index is 2870. The highest BCUT2D eigenvalue weighted by Gasteiger charge is 2.18. The van der Waals surface area contributed by atoms with Crippen LogP contribution >= 0.6 is 0 Å². The van der Waals surface area contributed by atoms with E-state index in [1.165, 1.54) is 0 Å². The first-order chi connectivity index (χ1) is 24.7. The van der Waals surface area contributed by atoms with Gasteiger partial charge in [-0.1, -0.05) is 84.9 Å². The van der Waals surface area contributed by atoms with Crippen molar-refractivity contribution in [3.05, 3.63) is 164 Å². The van der Waals surface area contributed by atoms with Crippen LogP contribution in [0, 0.1) is 0 Å². The van der Waals surface area contributed by atoms with Gasteiger partial charge in [0, 0.05) is 50.6 Å². The topological polar surface area (TPSA) is 65.0 Å². The van der Waals surface area contributed by atoms with E-state index in [1.54, 1.807) is 0 Å². The number of para-hydroxylation sites is 2. The van der Waals surface area contributed by atoms with Crippen LogP contribution in [0.15, 0.2) is 173 Å². The van der Waals surface area contributed by atoms with Gasteiger partial charge < -0.3 is 8.83 Å². The van der Waals surface area contributed by atoms with E-state index in [4.69, 9.17) is 18.8 Å². The molecule has 234 valence electrons. The molecule has 5 heteroatoms. The minimum atomic E-state index is 0.657. The predicted octanol–water partition coefficient (Wildman–Crippen LogP) is 12.0. The standard InChI is InChI=1S/C45H27N3O2/c1-2-9-29(10-3-1)45-47-38(27-39(48-45)35-13-8-16-43-44(35)36-12-5-7-15-41(36)50-43)33-24-31(28-19-21-46-22-20-28)23-32(25-33)30-17-18-42-37(26-30)34-11-4-6-14-40(34)49-42/h1-27H. The first-order valence-electron chi connectivity index (χ1n) is 16.6. The lowest BCUT2D eigenvalue weighted by molar-refractivity contribution is 0.668. The van der Waals surface area contributed by atoms with Crippen molar-refractivity contribution < 1.29 is 8.83 Å². The maximum atomic E-state index is 6.27. The summed E-state index contributed by atoms with van der Waals surface area (Å²) in [6.07, 6.45) is 3.66. The normalized spacial score (nSPS) is 11.6. The van der Waals surface area contributed by atoms with E-state index in [9.17, 15) is 0 Å². The fraction of sp³-hybridized carbons (Fsp3) is 0. The summed E-state index contributed by atoms with van der Waals surface area (Å²) in [6, 6.07) is 52.0. The van der Waals surface area contributed by atoms with Gasteiger partial charge in [-0.25, -0.2) is 9.97 Å². The van der Waals surface area contributed by atoms with Crippen LogP contribution in [-0.2, 0) is 0 Å². The van der Waals surface area contributed by atoms with Crippen molar-refractivity contribution in [3.63, 3.8) is 0 Å². The molecular formula is C45H27N3O2. The van der Waals surface area contributed by atoms with Gasteiger partial charge in [0.15, 0.2) is 5.82 Å². The lowest BCUT2D eigenvalue weighted by Crippen LogP contribution is -1.97. The molecule has 0 spiro atoms. The van der Waals surface area contributed by atoms with Gasteiger partial charge >= 0.3 is 0 Å². The number of pyridine rings is 1. The van der Waals surface area contributed by atoms with Crippen molar-refractivity contribution in [2.24, 2.45) is 0 Å². The van der Waals surface area contributed by atoms with Crippen LogP contribution in [0.1, 0.15) is 0 Å². The highest BCUT2D eigenvalue weighted by atomic mass is 16.3. The predicted molar refractivity (Wildman–Crippen MR) is 202 cm³/mol. The minimum absolute atomic E-state index is 0.657. The highest BCUT2D eigenvalue weighted by Crippen LogP contribution is 2.40. The summed E-state index contributed by atoms with van der Waals surface area (Å²) < 4.78 is 12.4. The summed E-state index contributed by atoms with van der Waals surface area (Å²) >= 11 is 0. The molecule has 50 heavy (non-hydrogen) atoms. The fourth-order valence-corrected chi connectivity index (χ4v) is 7.00. The first-order valence-corrected chi connectivity index (χ1v) is 16.6. The number of nitrogens with zero attached hydrogens (tertiary/aromatic N) is 3. The molecule has 0 radical (unpaired) electrons. The molecule has 0 bridgehead atoms. The molecule has 10 rings (SSSR count). The molecule has 0 aliphatic heterocycles. The fourth-order valence-electron chi connectivity index (χ4n) is 7.00. The van der Waals surface area contributed by atoms with Gasteiger partial charge in [-0.15, -0.1) is 0 Å². The van der Waals surface area contributed by atoms with Crippen molar-refractivity contribution in [2.75, 3.05) is 0 Å². The molecular weight excluding hydrogens is 615 g/mol. The van der Waals surface area contributed by atoms with Crippen molar-refractivity contribution in [3.8, 4) is 56.2 Å². The van der Waals surface area contributed by atoms with Gasteiger partial charge in [-0.2, -0.15) is 0 Å². The van der Waals surface area contributed by atoms with Gasteiger partial charge in [0.25, 0.3) is 0 Å². The highest BCUT2D eigenvalue weighted by molar-refractivity contribution is 6.12. The average Bonchev–Trinajstić information content (AvgIpc) is 3.76. The van der Waals surface area contributed by atoms with Crippen molar-refractivity contribution in [1.29, 1.82) is 0 Å². The lowest BCUT2D eigenvalue weighted by atomic mass is 9.94. The molecule has 10 aromatic rings. The third kappa shape index (κ3) is 4.75. The Labute approximate surface area is 287 Å². The van der Waals surface area contributed by atoms with Gasteiger partial charge in [0.05, 0.1) is 11.4 Å². The van der Waals surface area contributed by atoms with Gasteiger partial charge in [-0.3, -0.25) is 4.98 Å². The van der Waals surface area contributed by atoms with Gasteiger partial charge in [-0.05, 0) is 89.0 Å². The third-order valence-electron chi connectivity index (χ3n) is 9.39. The summed E-state index contributed by atoms with van der Waals surface area (Å²) in [6.45, 7) is 0. The van der Waals surface area contributed by atoms with Crippen LogP contribution in [0.4, 0.5) is 0 Å². The Kier molecular flexibility index (Phi) is 6.42. The van der Waals surface area contributed by atoms with Crippen LogP contribution in [0.3, 0.4) is 0 Å². The maximum Gasteiger partial charge on any atom is 0.160 e. The molecule has 0 amide bonds. The number of rotatable bonds is 5. The summed E-state index contributed by atoms with van der Waals surface area (Å²) in [5.41, 5.74) is 12.3. The molecule has 6 aromatic carbocycles. The number of furan rings is 2. The van der Waals surface area contributed by atoms with Gasteiger partial charge in [0.2, 0.25) is 0 Å². The molecule has 0 aliphatic carbocycles. The summed E-state index contributed by atoms with van der Waals surface area (Å²) in [5.74, 6) is 0.657. The smallest absolute Gasteiger partial charge is 0.160 e. The zero-order chi connectivity index (χ0) is 33.0. The molecule has 0 aliphatic rings. The second-order valence-corrected chi connectivity index (χ2v) is 12.4. The number of fused-ring (bicyclic) bond motifs is 6. The molecule has 0 atom stereocenters. The van der Waals surface area contributed by atoms with E-state index in [2.05, 4.69) is 83.8 Å². The zero-order valence-electron chi connectivity index (χ0n) is 26.7. The third-order valence-corrected chi connectivity index (χ3v) is 9.39. The summed E-state index contributed by atoms with van der Waals surface area (Å²) in [5, 5.41) is 4.29. The first kappa shape index (κ1) is 28.2. The minimum Gasteiger partial charge on any atom is -0.456 e. The molecule has 0 saturated heterocycles. The molecule has 0 unspecified atom stereocenters. The SMILES string of the molecule is c1ccc(-c2nc(-c3cc(-c4ccncc4)cc(-c4ccc5oc6ccccc6c5c4)c3)cc(-c3cccc4oc5ccccc5c34)n2)cc1. The van der Waals surface area contributed by atoms with Crippen molar-refractivity contribution >= 4 is 43.9 Å². The van der Waals surface area contributed by atoms with E-state index in [-0.39, 0.29) is 0 Å². The molecule has 5 nitrogen and oxygen atoms in total. The maximum absolute atomic E-state index is 6.27. The van der Waals surface area contributed by atoms with Gasteiger partial charge in [0.1, 0.15) is 22.3 Å². The van der Waals surface area contributed by atoms with Crippen LogP contribution in [0.2, 0.25) is 0 Å². The Hall–Kier alpha value is -6.85. The van der Waals surface area contributed by atoms with E-state index < -0.39 is 0 Å². The second-order valence-electron chi connectivity index (χ2n) is 12.4. The summed E-state index contributed by atoms with van der Waals surface area (Å²) in [7, 11) is 0. The van der Waals surface area contributed by atoms with E-state index in [0.717, 1.165) is 94.2 Å². The number of aromatic nitrogens is 3. The number of hydrogen-bond donors (Lipinski definition) is 0. The zero-order valence-corrected chi connectivity index (χ0v) is 26.7. The Morgan fingerprint density at radius 3 is 1.84 bits per heavy atom. The van der Waals surface area contributed by atoms with E-state index in [0.29, 0.717) is 5.82 Å². The Morgan fingerprint density at radius 2 is 1.00 bits per heavy atom. The number of benzene rings is 6. The summed E-state index contributed by atoms with van der Waals surface area (Å²) in [4.78, 5) is 14.7. The second kappa shape index (κ2) is 11.4. The Balaban J connectivity index is 1.22. The average molecular weight is 642 g/mol. The monoisotopic (exact) mass is 641 g/mol. The molecule has 0 N–H and O–H groups in total. The number of hydrogen-bond acceptors (Lipinski definition) is 5. The van der Waals surface area contributed by atoms with Crippen LogP contribution in [0.5, 0.6) is 0 Å². The van der Waals surface area contributed by atoms with Crippen LogP contribution in [0.25, 0.3) is 100 Å².